The SMILES string of the molecule is CNCCC(=O)N1CCN(CCOC)C(C)C1.Cl.Cl. The summed E-state index contributed by atoms with van der Waals surface area (Å²) >= 11 is 0. The lowest BCUT2D eigenvalue weighted by atomic mass is 10.2. The molecule has 5 nitrogen and oxygen atoms in total. The summed E-state index contributed by atoms with van der Waals surface area (Å²) in [5.41, 5.74) is 0. The molecule has 7 heteroatoms. The zero-order chi connectivity index (χ0) is 12.7. The van der Waals surface area contributed by atoms with E-state index >= 15 is 0 Å². The fourth-order valence-corrected chi connectivity index (χ4v) is 2.15. The van der Waals surface area contributed by atoms with Crippen LogP contribution in [0.2, 0.25) is 0 Å². The lowest BCUT2D eigenvalue weighted by molar-refractivity contribution is -0.134. The van der Waals surface area contributed by atoms with Crippen molar-refractivity contribution < 1.29 is 9.53 Å². The third-order valence-corrected chi connectivity index (χ3v) is 3.29. The predicted octanol–water partition coefficient (Wildman–Crippen LogP) is 0.619. The van der Waals surface area contributed by atoms with Crippen molar-refractivity contribution in [2.24, 2.45) is 0 Å². The molecule has 1 aliphatic heterocycles. The minimum atomic E-state index is 0. The highest BCUT2D eigenvalue weighted by molar-refractivity contribution is 5.85. The minimum absolute atomic E-state index is 0. The van der Waals surface area contributed by atoms with E-state index in [4.69, 9.17) is 4.74 Å². The molecule has 0 bridgehead atoms. The van der Waals surface area contributed by atoms with Crippen molar-refractivity contribution in [1.29, 1.82) is 0 Å². The summed E-state index contributed by atoms with van der Waals surface area (Å²) in [7, 11) is 3.60. The van der Waals surface area contributed by atoms with E-state index in [-0.39, 0.29) is 30.7 Å². The van der Waals surface area contributed by atoms with Crippen LogP contribution in [0.25, 0.3) is 0 Å². The smallest absolute Gasteiger partial charge is 0.223 e. The van der Waals surface area contributed by atoms with Crippen molar-refractivity contribution in [2.75, 3.05) is 53.5 Å². The van der Waals surface area contributed by atoms with E-state index in [0.29, 0.717) is 12.5 Å². The second-order valence-electron chi connectivity index (χ2n) is 4.57. The van der Waals surface area contributed by atoms with Gasteiger partial charge < -0.3 is 15.0 Å². The van der Waals surface area contributed by atoms with Gasteiger partial charge in [0.25, 0.3) is 0 Å². The van der Waals surface area contributed by atoms with Crippen LogP contribution >= 0.6 is 24.8 Å². The monoisotopic (exact) mass is 315 g/mol. The van der Waals surface area contributed by atoms with Crippen LogP contribution in [0.1, 0.15) is 13.3 Å². The van der Waals surface area contributed by atoms with Gasteiger partial charge in [-0.15, -0.1) is 24.8 Å². The first-order chi connectivity index (χ1) is 8.19. The number of rotatable bonds is 6. The molecule has 0 aliphatic carbocycles. The number of carbonyl (C=O) groups is 1. The minimum Gasteiger partial charge on any atom is -0.383 e. The lowest BCUT2D eigenvalue weighted by Gasteiger charge is -2.39. The van der Waals surface area contributed by atoms with Gasteiger partial charge in [0.05, 0.1) is 6.61 Å². The Bertz CT molecular complexity index is 245. The van der Waals surface area contributed by atoms with Gasteiger partial charge in [-0.2, -0.15) is 0 Å². The number of carbonyl (C=O) groups excluding carboxylic acids is 1. The predicted molar refractivity (Wildman–Crippen MR) is 82.5 cm³/mol. The first-order valence-electron chi connectivity index (χ1n) is 6.34. The molecule has 1 unspecified atom stereocenters. The van der Waals surface area contributed by atoms with Crippen LogP contribution in [-0.4, -0.2) is 75.2 Å². The molecule has 1 N–H and O–H groups in total. The van der Waals surface area contributed by atoms with Gasteiger partial charge in [0.15, 0.2) is 0 Å². The molecule has 1 saturated heterocycles. The van der Waals surface area contributed by atoms with E-state index in [9.17, 15) is 4.79 Å². The summed E-state index contributed by atoms with van der Waals surface area (Å²) in [6, 6.07) is 0.428. The number of nitrogens with zero attached hydrogens (tertiary/aromatic N) is 2. The first kappa shape index (κ1) is 21.2. The summed E-state index contributed by atoms with van der Waals surface area (Å²) in [6.45, 7) is 7.29. The molecule has 1 atom stereocenters. The Morgan fingerprint density at radius 3 is 2.58 bits per heavy atom. The fourth-order valence-electron chi connectivity index (χ4n) is 2.15. The van der Waals surface area contributed by atoms with Crippen molar-refractivity contribution in [3.05, 3.63) is 0 Å². The van der Waals surface area contributed by atoms with Crippen LogP contribution in [0, 0.1) is 0 Å². The number of hydrogen-bond donors (Lipinski definition) is 1. The second-order valence-corrected chi connectivity index (χ2v) is 4.57. The summed E-state index contributed by atoms with van der Waals surface area (Å²) in [4.78, 5) is 16.2. The molecule has 19 heavy (non-hydrogen) atoms. The number of nitrogens with one attached hydrogen (secondary N) is 1. The van der Waals surface area contributed by atoms with Gasteiger partial charge in [0, 0.05) is 52.3 Å². The van der Waals surface area contributed by atoms with Crippen molar-refractivity contribution in [3.8, 4) is 0 Å². The standard InChI is InChI=1S/C12H25N3O2.2ClH/c1-11-10-15(12(16)4-5-13-2)7-6-14(11)8-9-17-3;;/h11,13H,4-10H2,1-3H3;2*1H. The average Bonchev–Trinajstić information content (AvgIpc) is 2.34. The highest BCUT2D eigenvalue weighted by atomic mass is 35.5. The molecule has 0 radical (unpaired) electrons. The average molecular weight is 316 g/mol. The maximum atomic E-state index is 11.9. The third kappa shape index (κ3) is 7.32. The van der Waals surface area contributed by atoms with Crippen molar-refractivity contribution in [2.45, 2.75) is 19.4 Å². The highest BCUT2D eigenvalue weighted by Gasteiger charge is 2.25. The zero-order valence-electron chi connectivity index (χ0n) is 12.1. The van der Waals surface area contributed by atoms with E-state index in [1.54, 1.807) is 7.11 Å². The maximum Gasteiger partial charge on any atom is 0.223 e. The molecule has 1 amide bonds. The van der Waals surface area contributed by atoms with E-state index < -0.39 is 0 Å². The molecule has 0 aromatic rings. The highest BCUT2D eigenvalue weighted by Crippen LogP contribution is 2.10. The van der Waals surface area contributed by atoms with Crippen molar-refractivity contribution >= 4 is 30.7 Å². The van der Waals surface area contributed by atoms with Crippen molar-refractivity contribution in [1.82, 2.24) is 15.1 Å². The van der Waals surface area contributed by atoms with Crippen molar-refractivity contribution in [3.63, 3.8) is 0 Å². The van der Waals surface area contributed by atoms with E-state index in [1.807, 2.05) is 11.9 Å². The summed E-state index contributed by atoms with van der Waals surface area (Å²) in [5, 5.41) is 3.01. The molecule has 116 valence electrons. The van der Waals surface area contributed by atoms with Crippen LogP contribution in [0.5, 0.6) is 0 Å². The van der Waals surface area contributed by atoms with Gasteiger partial charge >= 0.3 is 0 Å². The van der Waals surface area contributed by atoms with Gasteiger partial charge in [-0.1, -0.05) is 0 Å². The normalized spacial score (nSPS) is 19.5. The van der Waals surface area contributed by atoms with Gasteiger partial charge in [-0.05, 0) is 14.0 Å². The largest absolute Gasteiger partial charge is 0.383 e. The second kappa shape index (κ2) is 11.7. The van der Waals surface area contributed by atoms with Crippen LogP contribution in [-0.2, 0) is 9.53 Å². The number of amides is 1. The number of piperazine rings is 1. The van der Waals surface area contributed by atoms with Gasteiger partial charge in [-0.25, -0.2) is 0 Å². The van der Waals surface area contributed by atoms with Crippen LogP contribution in [0.15, 0.2) is 0 Å². The van der Waals surface area contributed by atoms with Crippen LogP contribution in [0.3, 0.4) is 0 Å². The van der Waals surface area contributed by atoms with Crippen LogP contribution in [0.4, 0.5) is 0 Å². The molecule has 1 heterocycles. The molecule has 0 saturated carbocycles. The molecule has 1 fully saturated rings. The maximum absolute atomic E-state index is 11.9. The topological polar surface area (TPSA) is 44.8 Å². The molecule has 1 aliphatic rings. The quantitative estimate of drug-likeness (QED) is 0.780. The molecule has 0 aromatic carbocycles. The third-order valence-electron chi connectivity index (χ3n) is 3.29. The Kier molecular flexibility index (Phi) is 13.1. The fraction of sp³-hybridized carbons (Fsp3) is 0.917. The van der Waals surface area contributed by atoms with Gasteiger partial charge in [0.2, 0.25) is 5.91 Å². The Labute approximate surface area is 128 Å². The Hall–Kier alpha value is -0.0700. The first-order valence-corrected chi connectivity index (χ1v) is 6.34. The van der Waals surface area contributed by atoms with E-state index in [1.165, 1.54) is 0 Å². The van der Waals surface area contributed by atoms with E-state index in [0.717, 1.165) is 39.3 Å². The number of methoxy groups -OCH3 is 1. The van der Waals surface area contributed by atoms with Gasteiger partial charge in [0.1, 0.15) is 0 Å². The molecule has 0 aromatic heterocycles. The van der Waals surface area contributed by atoms with Gasteiger partial charge in [-0.3, -0.25) is 9.69 Å². The van der Waals surface area contributed by atoms with E-state index in [2.05, 4.69) is 17.1 Å². The summed E-state index contributed by atoms with van der Waals surface area (Å²) in [5.74, 6) is 0.262. The van der Waals surface area contributed by atoms with Crippen LogP contribution < -0.4 is 5.32 Å². The number of hydrogen-bond acceptors (Lipinski definition) is 4. The molecular formula is C12H27Cl2N3O2. The lowest BCUT2D eigenvalue weighted by Crippen LogP contribution is -2.54. The molecule has 1 rings (SSSR count). The Morgan fingerprint density at radius 1 is 1.37 bits per heavy atom. The Morgan fingerprint density at radius 2 is 2.05 bits per heavy atom. The molecular weight excluding hydrogens is 289 g/mol. The molecule has 0 spiro atoms. The number of ether oxygens (including phenoxy) is 1. The zero-order valence-corrected chi connectivity index (χ0v) is 13.7. The summed E-state index contributed by atoms with van der Waals surface area (Å²) in [6.07, 6.45) is 0.599. The summed E-state index contributed by atoms with van der Waals surface area (Å²) < 4.78 is 5.09. The Balaban J connectivity index is 0. The number of halogens is 2.